The fourth-order valence-electron chi connectivity index (χ4n) is 4.97. The average molecular weight is 653 g/mol. The normalized spacial score (nSPS) is 15.5. The van der Waals surface area contributed by atoms with Crippen LogP contribution in [0.3, 0.4) is 0 Å². The van der Waals surface area contributed by atoms with Crippen molar-refractivity contribution >= 4 is 29.0 Å². The van der Waals surface area contributed by atoms with Gasteiger partial charge in [0.1, 0.15) is 11.4 Å². The van der Waals surface area contributed by atoms with Gasteiger partial charge < -0.3 is 14.6 Å². The Balaban J connectivity index is 0.00000255. The monoisotopic (exact) mass is 652 g/mol. The number of hydrogen-bond acceptors (Lipinski definition) is 7. The SMILES string of the molecule is C/C=C(\C=C1C(=O)NC(Cc2ccc(-c3noc(-c4ccc(NC(=O)OC(C)(C)C)cc4)n3)c(F)c2)C1=O)c1ccc(CC)cc1.CC. The number of ether oxygens (including phenoxy) is 1. The number of amides is 2. The van der Waals surface area contributed by atoms with Gasteiger partial charge in [-0.1, -0.05) is 62.3 Å². The summed E-state index contributed by atoms with van der Waals surface area (Å²) in [6, 6.07) is 18.3. The topological polar surface area (TPSA) is 123 Å². The van der Waals surface area contributed by atoms with Crippen molar-refractivity contribution in [2.24, 2.45) is 0 Å². The van der Waals surface area contributed by atoms with Gasteiger partial charge in [0.25, 0.3) is 11.8 Å². The summed E-state index contributed by atoms with van der Waals surface area (Å²) in [7, 11) is 0. The lowest BCUT2D eigenvalue weighted by atomic mass is 9.97. The van der Waals surface area contributed by atoms with E-state index in [1.54, 1.807) is 57.2 Å². The van der Waals surface area contributed by atoms with Crippen molar-refractivity contribution < 1.29 is 28.0 Å². The Labute approximate surface area is 280 Å². The first-order valence-corrected chi connectivity index (χ1v) is 16.0. The molecular weight excluding hydrogens is 611 g/mol. The van der Waals surface area contributed by atoms with Crippen LogP contribution in [0.2, 0.25) is 0 Å². The molecule has 3 aromatic carbocycles. The first-order valence-electron chi connectivity index (χ1n) is 16.0. The number of rotatable bonds is 8. The average Bonchev–Trinajstić information content (AvgIpc) is 3.64. The van der Waals surface area contributed by atoms with Crippen molar-refractivity contribution in [2.45, 2.75) is 73.0 Å². The zero-order valence-corrected chi connectivity index (χ0v) is 28.3. The number of nitrogens with zero attached hydrogens (tertiary/aromatic N) is 2. The summed E-state index contributed by atoms with van der Waals surface area (Å²) in [6.45, 7) is 13.3. The maximum atomic E-state index is 15.3. The third-order valence-electron chi connectivity index (χ3n) is 7.36. The number of halogens is 1. The van der Waals surface area contributed by atoms with E-state index in [9.17, 15) is 14.4 Å². The molecule has 2 heterocycles. The number of carbonyl (C=O) groups is 3. The smallest absolute Gasteiger partial charge is 0.412 e. The van der Waals surface area contributed by atoms with Crippen LogP contribution in [0, 0.1) is 5.82 Å². The Bertz CT molecular complexity index is 1830. The number of hydrogen-bond donors (Lipinski definition) is 2. The summed E-state index contributed by atoms with van der Waals surface area (Å²) >= 11 is 0. The van der Waals surface area contributed by atoms with Crippen molar-refractivity contribution in [3.63, 3.8) is 0 Å². The number of benzene rings is 3. The van der Waals surface area contributed by atoms with Crippen LogP contribution in [-0.4, -0.2) is 39.6 Å². The highest BCUT2D eigenvalue weighted by Gasteiger charge is 2.36. The first-order chi connectivity index (χ1) is 22.9. The largest absolute Gasteiger partial charge is 0.444 e. The maximum Gasteiger partial charge on any atom is 0.412 e. The minimum atomic E-state index is -0.811. The van der Waals surface area contributed by atoms with Crippen LogP contribution in [0.1, 0.15) is 65.2 Å². The van der Waals surface area contributed by atoms with Gasteiger partial charge in [-0.2, -0.15) is 4.98 Å². The molecule has 4 aromatic rings. The van der Waals surface area contributed by atoms with Gasteiger partial charge in [0.15, 0.2) is 5.78 Å². The van der Waals surface area contributed by atoms with Gasteiger partial charge in [-0.3, -0.25) is 14.9 Å². The van der Waals surface area contributed by atoms with Crippen molar-refractivity contribution in [1.29, 1.82) is 0 Å². The summed E-state index contributed by atoms with van der Waals surface area (Å²) in [5.41, 5.74) is 4.06. The number of allylic oxidation sites excluding steroid dienone is 3. The third kappa shape index (κ3) is 8.70. The summed E-state index contributed by atoms with van der Waals surface area (Å²) < 4.78 is 25.9. The van der Waals surface area contributed by atoms with Crippen molar-refractivity contribution in [3.05, 3.63) is 107 Å². The minimum absolute atomic E-state index is 0.0522. The molecule has 1 aliphatic rings. The zero-order valence-electron chi connectivity index (χ0n) is 28.3. The zero-order chi connectivity index (χ0) is 35.0. The summed E-state index contributed by atoms with van der Waals surface area (Å²) in [4.78, 5) is 42.3. The van der Waals surface area contributed by atoms with Crippen LogP contribution in [0.5, 0.6) is 0 Å². The molecule has 1 saturated heterocycles. The van der Waals surface area contributed by atoms with E-state index in [2.05, 4.69) is 27.7 Å². The predicted molar refractivity (Wildman–Crippen MR) is 185 cm³/mol. The van der Waals surface area contributed by atoms with Gasteiger partial charge in [-0.15, -0.1) is 0 Å². The van der Waals surface area contributed by atoms with E-state index in [-0.39, 0.29) is 35.1 Å². The second kappa shape index (κ2) is 15.5. The standard InChI is InChI=1S/C36H35FN4O5.C2H6/c1-6-21-8-11-24(12-9-21)23(7-2)20-28-31(42)30(39-33(28)43)19-22-10-17-27(29(37)18-22)32-40-34(46-41-32)25-13-15-26(16-14-25)38-35(44)45-36(3,4)5;1-2/h7-18,20,30H,6,19H2,1-5H3,(H,38,44)(H,39,43);1-2H3/b23-7+,28-20?;. The summed E-state index contributed by atoms with van der Waals surface area (Å²) in [5.74, 6) is -1.17. The van der Waals surface area contributed by atoms with Crippen LogP contribution < -0.4 is 10.6 Å². The molecule has 5 rings (SSSR count). The summed E-state index contributed by atoms with van der Waals surface area (Å²) in [5, 5.41) is 9.31. The van der Waals surface area contributed by atoms with Crippen LogP contribution in [0.4, 0.5) is 14.9 Å². The first kappa shape index (κ1) is 35.5. The predicted octanol–water partition coefficient (Wildman–Crippen LogP) is 8.12. The van der Waals surface area contributed by atoms with Gasteiger partial charge in [-0.25, -0.2) is 9.18 Å². The molecule has 250 valence electrons. The lowest BCUT2D eigenvalue weighted by molar-refractivity contribution is -0.117. The van der Waals surface area contributed by atoms with Crippen LogP contribution in [-0.2, 0) is 27.2 Å². The highest BCUT2D eigenvalue weighted by molar-refractivity contribution is 6.27. The summed E-state index contributed by atoms with van der Waals surface area (Å²) in [6.07, 6.45) is 3.93. The Morgan fingerprint density at radius 1 is 1.02 bits per heavy atom. The second-order valence-electron chi connectivity index (χ2n) is 11.9. The molecule has 0 saturated carbocycles. The van der Waals surface area contributed by atoms with E-state index in [0.717, 1.165) is 17.6 Å². The molecule has 2 amide bonds. The van der Waals surface area contributed by atoms with Crippen molar-refractivity contribution in [1.82, 2.24) is 15.5 Å². The fourth-order valence-corrected chi connectivity index (χ4v) is 4.97. The quantitative estimate of drug-likeness (QED) is 0.146. The van der Waals surface area contributed by atoms with Gasteiger partial charge >= 0.3 is 6.09 Å². The second-order valence-corrected chi connectivity index (χ2v) is 11.9. The van der Waals surface area contributed by atoms with Crippen molar-refractivity contribution in [3.8, 4) is 22.8 Å². The van der Waals surface area contributed by atoms with Crippen molar-refractivity contribution in [2.75, 3.05) is 5.32 Å². The molecule has 0 bridgehead atoms. The molecule has 0 aliphatic carbocycles. The van der Waals surface area contributed by atoms with Gasteiger partial charge in [0, 0.05) is 17.7 Å². The van der Waals surface area contributed by atoms with Gasteiger partial charge in [0.05, 0.1) is 17.2 Å². The molecule has 1 aromatic heterocycles. The number of aryl methyl sites for hydroxylation is 1. The molecule has 2 N–H and O–H groups in total. The van der Waals surface area contributed by atoms with Gasteiger partial charge in [0.2, 0.25) is 5.82 Å². The third-order valence-corrected chi connectivity index (χ3v) is 7.36. The highest BCUT2D eigenvalue weighted by Crippen LogP contribution is 2.28. The van der Waals surface area contributed by atoms with E-state index < -0.39 is 29.5 Å². The molecule has 1 aliphatic heterocycles. The van der Waals surface area contributed by atoms with Gasteiger partial charge in [-0.05, 0) is 98.9 Å². The number of ketones is 1. The Morgan fingerprint density at radius 2 is 1.69 bits per heavy atom. The van der Waals surface area contributed by atoms with E-state index in [0.29, 0.717) is 16.8 Å². The molecule has 1 unspecified atom stereocenters. The number of Topliss-reactive ketones (excluding diaryl/α,β-unsaturated/α-hetero) is 1. The number of carbonyl (C=O) groups excluding carboxylic acids is 3. The molecule has 1 fully saturated rings. The Morgan fingerprint density at radius 3 is 2.29 bits per heavy atom. The lowest BCUT2D eigenvalue weighted by Gasteiger charge is -2.19. The number of nitrogens with one attached hydrogen (secondary N) is 2. The van der Waals surface area contributed by atoms with Crippen LogP contribution in [0.15, 0.2) is 89.0 Å². The number of anilines is 1. The van der Waals surface area contributed by atoms with E-state index in [4.69, 9.17) is 9.26 Å². The Kier molecular flexibility index (Phi) is 11.4. The maximum absolute atomic E-state index is 15.3. The Hall–Kier alpha value is -5.38. The minimum Gasteiger partial charge on any atom is -0.444 e. The van der Waals surface area contributed by atoms with E-state index in [1.165, 1.54) is 17.7 Å². The van der Waals surface area contributed by atoms with E-state index in [1.807, 2.05) is 51.1 Å². The van der Waals surface area contributed by atoms with Crippen LogP contribution in [0.25, 0.3) is 28.4 Å². The van der Waals surface area contributed by atoms with Crippen LogP contribution >= 0.6 is 0 Å². The van der Waals surface area contributed by atoms with E-state index >= 15 is 4.39 Å². The molecule has 10 heteroatoms. The highest BCUT2D eigenvalue weighted by atomic mass is 19.1. The fraction of sp³-hybridized carbons (Fsp3) is 0.289. The lowest BCUT2D eigenvalue weighted by Crippen LogP contribution is -2.31. The molecule has 9 nitrogen and oxygen atoms in total. The molecule has 1 atom stereocenters. The molecule has 0 radical (unpaired) electrons. The molecule has 48 heavy (non-hydrogen) atoms. The number of aromatic nitrogens is 2. The molecule has 0 spiro atoms. The molecular formula is C38H41FN4O5.